The molecule has 1 heterocycles. The first-order chi connectivity index (χ1) is 12.9. The van der Waals surface area contributed by atoms with Crippen molar-refractivity contribution >= 4 is 29.2 Å². The molecule has 27 heavy (non-hydrogen) atoms. The number of amides is 2. The SMILES string of the molecule is COc1ccc(N2CC(C(=O)Nc3ccc(C(=O)O)c(O)c3)CC2=O)cc1. The second-order valence-electron chi connectivity index (χ2n) is 6.13. The highest BCUT2D eigenvalue weighted by atomic mass is 16.5. The van der Waals surface area contributed by atoms with Crippen LogP contribution in [0.4, 0.5) is 11.4 Å². The zero-order valence-electron chi connectivity index (χ0n) is 14.5. The number of methoxy groups -OCH3 is 1. The Labute approximate surface area is 155 Å². The summed E-state index contributed by atoms with van der Waals surface area (Å²) in [7, 11) is 1.55. The number of nitrogens with one attached hydrogen (secondary N) is 1. The monoisotopic (exact) mass is 370 g/mol. The van der Waals surface area contributed by atoms with Crippen LogP contribution in [-0.4, -0.2) is 41.7 Å². The Morgan fingerprint density at radius 2 is 1.89 bits per heavy atom. The zero-order valence-corrected chi connectivity index (χ0v) is 14.5. The number of aromatic carboxylic acids is 1. The van der Waals surface area contributed by atoms with Gasteiger partial charge in [0, 0.05) is 30.4 Å². The molecule has 3 N–H and O–H groups in total. The van der Waals surface area contributed by atoms with E-state index in [1.54, 1.807) is 31.4 Å². The lowest BCUT2D eigenvalue weighted by atomic mass is 10.1. The van der Waals surface area contributed by atoms with Gasteiger partial charge in [-0.15, -0.1) is 0 Å². The Kier molecular flexibility index (Phi) is 4.98. The molecule has 8 heteroatoms. The molecule has 1 aliphatic heterocycles. The van der Waals surface area contributed by atoms with Gasteiger partial charge in [-0.2, -0.15) is 0 Å². The first kappa shape index (κ1) is 18.2. The number of rotatable bonds is 5. The summed E-state index contributed by atoms with van der Waals surface area (Å²) in [6.07, 6.45) is 0.0665. The number of nitrogens with zero attached hydrogens (tertiary/aromatic N) is 1. The fraction of sp³-hybridized carbons (Fsp3) is 0.211. The van der Waals surface area contributed by atoms with E-state index < -0.39 is 17.6 Å². The van der Waals surface area contributed by atoms with E-state index in [0.29, 0.717) is 11.4 Å². The molecule has 8 nitrogen and oxygen atoms in total. The number of carbonyl (C=O) groups is 3. The largest absolute Gasteiger partial charge is 0.507 e. The minimum atomic E-state index is -1.26. The van der Waals surface area contributed by atoms with E-state index in [1.807, 2.05) is 0 Å². The highest BCUT2D eigenvalue weighted by Gasteiger charge is 2.35. The van der Waals surface area contributed by atoms with E-state index in [9.17, 15) is 19.5 Å². The molecule has 0 spiro atoms. The van der Waals surface area contributed by atoms with Gasteiger partial charge < -0.3 is 25.2 Å². The Morgan fingerprint density at radius 1 is 1.19 bits per heavy atom. The minimum absolute atomic E-state index is 0.0665. The van der Waals surface area contributed by atoms with E-state index >= 15 is 0 Å². The third kappa shape index (κ3) is 3.84. The summed E-state index contributed by atoms with van der Waals surface area (Å²) in [5.74, 6) is -2.12. The Hall–Kier alpha value is -3.55. The van der Waals surface area contributed by atoms with Gasteiger partial charge in [-0.05, 0) is 36.4 Å². The Balaban J connectivity index is 1.68. The maximum atomic E-state index is 12.5. The van der Waals surface area contributed by atoms with Crippen molar-refractivity contribution in [3.05, 3.63) is 48.0 Å². The molecular formula is C19H18N2O6. The topological polar surface area (TPSA) is 116 Å². The molecule has 0 aromatic heterocycles. The average molecular weight is 370 g/mol. The molecule has 0 aliphatic carbocycles. The molecule has 2 aromatic carbocycles. The van der Waals surface area contributed by atoms with E-state index in [0.717, 1.165) is 0 Å². The first-order valence-electron chi connectivity index (χ1n) is 8.20. The number of phenols is 1. The summed E-state index contributed by atoms with van der Waals surface area (Å²) < 4.78 is 5.09. The van der Waals surface area contributed by atoms with Crippen LogP contribution in [0.1, 0.15) is 16.8 Å². The lowest BCUT2D eigenvalue weighted by Crippen LogP contribution is -2.28. The number of ether oxygens (including phenoxy) is 1. The predicted molar refractivity (Wildman–Crippen MR) is 97.1 cm³/mol. The third-order valence-corrected chi connectivity index (χ3v) is 4.38. The number of aromatic hydroxyl groups is 1. The molecule has 1 unspecified atom stereocenters. The van der Waals surface area contributed by atoms with E-state index in [2.05, 4.69) is 5.32 Å². The predicted octanol–water partition coefficient (Wildman–Crippen LogP) is 2.09. The minimum Gasteiger partial charge on any atom is -0.507 e. The molecular weight excluding hydrogens is 352 g/mol. The van der Waals surface area contributed by atoms with Gasteiger partial charge in [0.2, 0.25) is 11.8 Å². The van der Waals surface area contributed by atoms with Crippen molar-refractivity contribution < 1.29 is 29.3 Å². The molecule has 1 aliphatic rings. The normalized spacial score (nSPS) is 16.3. The van der Waals surface area contributed by atoms with E-state index in [1.165, 1.54) is 23.1 Å². The molecule has 2 aromatic rings. The first-order valence-corrected chi connectivity index (χ1v) is 8.20. The summed E-state index contributed by atoms with van der Waals surface area (Å²) in [5.41, 5.74) is 0.687. The molecule has 2 amide bonds. The van der Waals surface area contributed by atoms with Gasteiger partial charge >= 0.3 is 5.97 Å². The zero-order chi connectivity index (χ0) is 19.6. The number of hydrogen-bond donors (Lipinski definition) is 3. The molecule has 3 rings (SSSR count). The van der Waals surface area contributed by atoms with Gasteiger partial charge in [0.15, 0.2) is 0 Å². The smallest absolute Gasteiger partial charge is 0.339 e. The highest BCUT2D eigenvalue weighted by molar-refractivity contribution is 6.03. The van der Waals surface area contributed by atoms with Crippen molar-refractivity contribution in [3.63, 3.8) is 0 Å². The van der Waals surface area contributed by atoms with Crippen LogP contribution in [0.15, 0.2) is 42.5 Å². The molecule has 0 bridgehead atoms. The van der Waals surface area contributed by atoms with E-state index in [-0.39, 0.29) is 36.0 Å². The summed E-state index contributed by atoms with van der Waals surface area (Å²) in [6.45, 7) is 0.232. The lowest BCUT2D eigenvalue weighted by Gasteiger charge is -2.17. The van der Waals surface area contributed by atoms with Crippen molar-refractivity contribution in [2.75, 3.05) is 23.9 Å². The molecule has 0 radical (unpaired) electrons. The van der Waals surface area contributed by atoms with Crippen LogP contribution >= 0.6 is 0 Å². The van der Waals surface area contributed by atoms with Crippen LogP contribution in [0.3, 0.4) is 0 Å². The molecule has 140 valence electrons. The van der Waals surface area contributed by atoms with Crippen molar-refractivity contribution in [2.45, 2.75) is 6.42 Å². The molecule has 1 atom stereocenters. The fourth-order valence-corrected chi connectivity index (χ4v) is 2.93. The maximum Gasteiger partial charge on any atom is 0.339 e. The van der Waals surface area contributed by atoms with Gasteiger partial charge in [0.25, 0.3) is 0 Å². The lowest BCUT2D eigenvalue weighted by molar-refractivity contribution is -0.122. The fourth-order valence-electron chi connectivity index (χ4n) is 2.93. The number of hydrogen-bond acceptors (Lipinski definition) is 5. The number of carboxylic acids is 1. The van der Waals surface area contributed by atoms with Crippen LogP contribution in [0.25, 0.3) is 0 Å². The van der Waals surface area contributed by atoms with Crippen molar-refractivity contribution in [1.29, 1.82) is 0 Å². The van der Waals surface area contributed by atoms with Crippen LogP contribution in [0.5, 0.6) is 11.5 Å². The standard InChI is InChI=1S/C19H18N2O6/c1-27-14-5-3-13(4-6-14)21-10-11(8-17(21)23)18(24)20-12-2-7-15(19(25)26)16(22)9-12/h2-7,9,11,22H,8,10H2,1H3,(H,20,24)(H,25,26). The van der Waals surface area contributed by atoms with Crippen LogP contribution in [-0.2, 0) is 9.59 Å². The van der Waals surface area contributed by atoms with Crippen molar-refractivity contribution in [3.8, 4) is 11.5 Å². The van der Waals surface area contributed by atoms with Gasteiger partial charge in [-0.25, -0.2) is 4.79 Å². The van der Waals surface area contributed by atoms with Crippen LogP contribution < -0.4 is 15.0 Å². The number of anilines is 2. The number of carbonyl (C=O) groups excluding carboxylic acids is 2. The summed E-state index contributed by atoms with van der Waals surface area (Å²) >= 11 is 0. The van der Waals surface area contributed by atoms with Crippen molar-refractivity contribution in [1.82, 2.24) is 0 Å². The second-order valence-corrected chi connectivity index (χ2v) is 6.13. The van der Waals surface area contributed by atoms with Crippen LogP contribution in [0.2, 0.25) is 0 Å². The van der Waals surface area contributed by atoms with Gasteiger partial charge in [-0.3, -0.25) is 9.59 Å². The van der Waals surface area contributed by atoms with E-state index in [4.69, 9.17) is 9.84 Å². The summed E-state index contributed by atoms with van der Waals surface area (Å²) in [6, 6.07) is 10.7. The quantitative estimate of drug-likeness (QED) is 0.742. The Bertz CT molecular complexity index is 894. The third-order valence-electron chi connectivity index (χ3n) is 4.38. The summed E-state index contributed by atoms with van der Waals surface area (Å²) in [4.78, 5) is 37.2. The van der Waals surface area contributed by atoms with Crippen molar-refractivity contribution in [2.24, 2.45) is 5.92 Å². The average Bonchev–Trinajstić information content (AvgIpc) is 3.03. The second kappa shape index (κ2) is 7.36. The van der Waals surface area contributed by atoms with Gasteiger partial charge in [0.1, 0.15) is 17.1 Å². The van der Waals surface area contributed by atoms with Crippen LogP contribution in [0, 0.1) is 5.92 Å². The number of benzene rings is 2. The molecule has 1 saturated heterocycles. The molecule has 0 saturated carbocycles. The number of carboxylic acid groups (broad SMARTS) is 1. The van der Waals surface area contributed by atoms with Gasteiger partial charge in [0.05, 0.1) is 13.0 Å². The highest BCUT2D eigenvalue weighted by Crippen LogP contribution is 2.28. The maximum absolute atomic E-state index is 12.5. The molecule has 1 fully saturated rings. The Morgan fingerprint density at radius 3 is 2.48 bits per heavy atom. The van der Waals surface area contributed by atoms with Gasteiger partial charge in [-0.1, -0.05) is 0 Å². The summed E-state index contributed by atoms with van der Waals surface area (Å²) in [5, 5.41) is 21.2.